The zero-order chi connectivity index (χ0) is 14.4. The van der Waals surface area contributed by atoms with Gasteiger partial charge in [0.1, 0.15) is 0 Å². The molecule has 0 bridgehead atoms. The quantitative estimate of drug-likeness (QED) is 0.524. The lowest BCUT2D eigenvalue weighted by atomic mass is 9.98. The lowest BCUT2D eigenvalue weighted by Crippen LogP contribution is -1.98. The molecule has 0 aliphatic rings. The minimum absolute atomic E-state index is 0.344. The van der Waals surface area contributed by atoms with Crippen LogP contribution < -0.4 is 5.73 Å². The van der Waals surface area contributed by atoms with E-state index in [0.717, 1.165) is 16.7 Å². The number of esters is 1. The highest BCUT2D eigenvalue weighted by Gasteiger charge is 2.04. The summed E-state index contributed by atoms with van der Waals surface area (Å²) in [7, 11) is 0. The van der Waals surface area contributed by atoms with Gasteiger partial charge >= 0.3 is 5.97 Å². The fraction of sp³-hybridized carbons (Fsp3) is 0.118. The summed E-state index contributed by atoms with van der Waals surface area (Å²) in [5, 5.41) is 0. The van der Waals surface area contributed by atoms with Crippen LogP contribution in [0.5, 0.6) is 0 Å². The molecule has 102 valence electrons. The Kier molecular flexibility index (Phi) is 4.56. The maximum atomic E-state index is 11.4. The molecule has 3 heteroatoms. The minimum Gasteiger partial charge on any atom is -0.463 e. The van der Waals surface area contributed by atoms with Crippen molar-refractivity contribution in [1.82, 2.24) is 0 Å². The number of carbonyl (C=O) groups is 1. The van der Waals surface area contributed by atoms with Gasteiger partial charge in [0, 0.05) is 11.8 Å². The number of carbonyl (C=O) groups excluding carboxylic acids is 1. The molecule has 2 rings (SSSR count). The van der Waals surface area contributed by atoms with Crippen molar-refractivity contribution in [3.8, 4) is 11.1 Å². The van der Waals surface area contributed by atoms with Crippen LogP contribution in [-0.4, -0.2) is 12.6 Å². The van der Waals surface area contributed by atoms with Gasteiger partial charge in [-0.15, -0.1) is 0 Å². The van der Waals surface area contributed by atoms with Crippen LogP contribution in [0.25, 0.3) is 17.2 Å². The molecule has 0 aromatic heterocycles. The molecule has 0 amide bonds. The Morgan fingerprint density at radius 3 is 2.65 bits per heavy atom. The maximum Gasteiger partial charge on any atom is 0.330 e. The second-order valence-corrected chi connectivity index (χ2v) is 4.30. The highest BCUT2D eigenvalue weighted by molar-refractivity contribution is 5.89. The van der Waals surface area contributed by atoms with E-state index >= 15 is 0 Å². The third-order valence-corrected chi connectivity index (χ3v) is 2.85. The number of nitrogen functional groups attached to an aromatic ring is 1. The first-order valence-electron chi connectivity index (χ1n) is 6.50. The molecule has 0 radical (unpaired) electrons. The van der Waals surface area contributed by atoms with Crippen molar-refractivity contribution in [2.45, 2.75) is 6.92 Å². The summed E-state index contributed by atoms with van der Waals surface area (Å²) >= 11 is 0. The molecule has 0 spiro atoms. The van der Waals surface area contributed by atoms with Gasteiger partial charge < -0.3 is 10.5 Å². The molecule has 20 heavy (non-hydrogen) atoms. The number of benzene rings is 2. The van der Waals surface area contributed by atoms with Crippen molar-refractivity contribution in [3.05, 3.63) is 60.2 Å². The van der Waals surface area contributed by atoms with E-state index in [-0.39, 0.29) is 5.97 Å². The first-order chi connectivity index (χ1) is 9.70. The normalized spacial score (nSPS) is 10.7. The molecular weight excluding hydrogens is 250 g/mol. The summed E-state index contributed by atoms with van der Waals surface area (Å²) in [6.07, 6.45) is 3.18. The van der Waals surface area contributed by atoms with E-state index in [1.165, 1.54) is 6.08 Å². The molecule has 0 aliphatic carbocycles. The van der Waals surface area contributed by atoms with E-state index in [9.17, 15) is 4.79 Å². The van der Waals surface area contributed by atoms with Gasteiger partial charge in [0.25, 0.3) is 0 Å². The molecule has 0 heterocycles. The summed E-state index contributed by atoms with van der Waals surface area (Å²) < 4.78 is 4.88. The van der Waals surface area contributed by atoms with Crippen molar-refractivity contribution in [3.63, 3.8) is 0 Å². The van der Waals surface area contributed by atoms with Gasteiger partial charge in [-0.2, -0.15) is 0 Å². The average Bonchev–Trinajstić information content (AvgIpc) is 2.47. The summed E-state index contributed by atoms with van der Waals surface area (Å²) in [6.45, 7) is 2.15. The number of nitrogens with two attached hydrogens (primary N) is 1. The number of anilines is 1. The van der Waals surface area contributed by atoms with Gasteiger partial charge in [-0.3, -0.25) is 0 Å². The van der Waals surface area contributed by atoms with Crippen LogP contribution in [0.15, 0.2) is 54.6 Å². The number of hydrogen-bond acceptors (Lipinski definition) is 3. The molecular formula is C17H17NO2. The molecule has 0 aliphatic heterocycles. The standard InChI is InChI=1S/C17H17NO2/c1-2-20-17(19)11-9-14-8-10-15(18)12-16(14)13-6-4-3-5-7-13/h3-12H,2,18H2,1H3. The molecule has 0 unspecified atom stereocenters. The summed E-state index contributed by atoms with van der Waals surface area (Å²) in [4.78, 5) is 11.4. The fourth-order valence-corrected chi connectivity index (χ4v) is 1.94. The molecule has 2 aromatic rings. The van der Waals surface area contributed by atoms with Crippen molar-refractivity contribution in [1.29, 1.82) is 0 Å². The van der Waals surface area contributed by atoms with E-state index in [2.05, 4.69) is 0 Å². The lowest BCUT2D eigenvalue weighted by molar-refractivity contribution is -0.137. The predicted molar refractivity (Wildman–Crippen MR) is 82.0 cm³/mol. The fourth-order valence-electron chi connectivity index (χ4n) is 1.94. The monoisotopic (exact) mass is 267 g/mol. The first kappa shape index (κ1) is 13.9. The molecule has 2 N–H and O–H groups in total. The van der Waals surface area contributed by atoms with Gasteiger partial charge in [0.2, 0.25) is 0 Å². The Balaban J connectivity index is 2.37. The van der Waals surface area contributed by atoms with Crippen LogP contribution in [0.3, 0.4) is 0 Å². The zero-order valence-electron chi connectivity index (χ0n) is 11.4. The number of ether oxygens (including phenoxy) is 1. The number of hydrogen-bond donors (Lipinski definition) is 1. The van der Waals surface area contributed by atoms with Crippen molar-refractivity contribution < 1.29 is 9.53 Å². The second kappa shape index (κ2) is 6.57. The topological polar surface area (TPSA) is 52.3 Å². The molecule has 3 nitrogen and oxygen atoms in total. The highest BCUT2D eigenvalue weighted by Crippen LogP contribution is 2.26. The molecule has 0 saturated carbocycles. The average molecular weight is 267 g/mol. The summed E-state index contributed by atoms with van der Waals surface area (Å²) in [6, 6.07) is 15.5. The Morgan fingerprint density at radius 2 is 1.95 bits per heavy atom. The van der Waals surface area contributed by atoms with Gasteiger partial charge in [0.05, 0.1) is 6.61 Å². The number of rotatable bonds is 4. The van der Waals surface area contributed by atoms with Gasteiger partial charge in [0.15, 0.2) is 0 Å². The molecule has 0 saturated heterocycles. The maximum absolute atomic E-state index is 11.4. The summed E-state index contributed by atoms with van der Waals surface area (Å²) in [5.74, 6) is -0.344. The largest absolute Gasteiger partial charge is 0.463 e. The van der Waals surface area contributed by atoms with Crippen molar-refractivity contribution in [2.24, 2.45) is 0 Å². The van der Waals surface area contributed by atoms with Crippen LogP contribution in [0.4, 0.5) is 5.69 Å². The Bertz CT molecular complexity index is 618. The molecule has 2 aromatic carbocycles. The van der Waals surface area contributed by atoms with E-state index in [4.69, 9.17) is 10.5 Å². The lowest BCUT2D eigenvalue weighted by Gasteiger charge is -2.07. The van der Waals surface area contributed by atoms with Gasteiger partial charge in [-0.05, 0) is 41.8 Å². The smallest absolute Gasteiger partial charge is 0.330 e. The van der Waals surface area contributed by atoms with Crippen LogP contribution in [0.1, 0.15) is 12.5 Å². The van der Waals surface area contributed by atoms with Gasteiger partial charge in [-0.25, -0.2) is 4.79 Å². The van der Waals surface area contributed by atoms with Gasteiger partial charge in [-0.1, -0.05) is 36.4 Å². The Hall–Kier alpha value is -2.55. The Labute approximate surface area is 118 Å². The molecule has 0 fully saturated rings. The highest BCUT2D eigenvalue weighted by atomic mass is 16.5. The van der Waals surface area contributed by atoms with Crippen LogP contribution in [0, 0.1) is 0 Å². The van der Waals surface area contributed by atoms with Crippen molar-refractivity contribution >= 4 is 17.7 Å². The second-order valence-electron chi connectivity index (χ2n) is 4.30. The Morgan fingerprint density at radius 1 is 1.20 bits per heavy atom. The predicted octanol–water partition coefficient (Wildman–Crippen LogP) is 3.51. The van der Waals surface area contributed by atoms with E-state index in [0.29, 0.717) is 12.3 Å². The van der Waals surface area contributed by atoms with E-state index < -0.39 is 0 Å². The van der Waals surface area contributed by atoms with Crippen molar-refractivity contribution in [2.75, 3.05) is 12.3 Å². The van der Waals surface area contributed by atoms with Crippen LogP contribution >= 0.6 is 0 Å². The van der Waals surface area contributed by atoms with Crippen LogP contribution in [0.2, 0.25) is 0 Å². The third kappa shape index (κ3) is 3.48. The summed E-state index contributed by atoms with van der Waals surface area (Å²) in [5.41, 5.74) is 9.52. The van der Waals surface area contributed by atoms with E-state index in [1.807, 2.05) is 48.5 Å². The third-order valence-electron chi connectivity index (χ3n) is 2.85. The van der Waals surface area contributed by atoms with E-state index in [1.54, 1.807) is 13.0 Å². The SMILES string of the molecule is CCOC(=O)C=Cc1ccc(N)cc1-c1ccccc1. The van der Waals surface area contributed by atoms with Crippen LogP contribution in [-0.2, 0) is 9.53 Å². The first-order valence-corrected chi connectivity index (χ1v) is 6.50. The minimum atomic E-state index is -0.344. The molecule has 0 atom stereocenters. The zero-order valence-corrected chi connectivity index (χ0v) is 11.4.